The molecule has 8 heteroatoms. The molecule has 1 aliphatic rings. The molecule has 1 aliphatic heterocycles. The van der Waals surface area contributed by atoms with Gasteiger partial charge in [0.1, 0.15) is 0 Å². The van der Waals surface area contributed by atoms with Crippen LogP contribution in [-0.2, 0) is 16.4 Å². The summed E-state index contributed by atoms with van der Waals surface area (Å²) in [5.74, 6) is 1.43. The third kappa shape index (κ3) is 4.39. The molecule has 1 saturated heterocycles. The zero-order chi connectivity index (χ0) is 19.6. The lowest BCUT2D eigenvalue weighted by Gasteiger charge is -2.30. The highest BCUT2D eigenvalue weighted by molar-refractivity contribution is 7.89. The Balaban J connectivity index is 1.66. The molecule has 1 atom stereocenters. The third-order valence-corrected chi connectivity index (χ3v) is 7.28. The van der Waals surface area contributed by atoms with Crippen LogP contribution in [0.4, 0.5) is 0 Å². The van der Waals surface area contributed by atoms with Gasteiger partial charge in [0.05, 0.1) is 4.90 Å². The monoisotopic (exact) mass is 392 g/mol. The SMILES string of the molecule is CNC(C)Cc1noc(C2CCN(S(=O)(=O)c3ccc(C)cc3C)CC2)n1. The van der Waals surface area contributed by atoms with E-state index in [-0.39, 0.29) is 12.0 Å². The van der Waals surface area contributed by atoms with Crippen molar-refractivity contribution in [3.63, 3.8) is 0 Å². The van der Waals surface area contributed by atoms with Crippen LogP contribution in [0.3, 0.4) is 0 Å². The van der Waals surface area contributed by atoms with Gasteiger partial charge < -0.3 is 9.84 Å². The number of aryl methyl sites for hydroxylation is 2. The second-order valence-electron chi connectivity index (χ2n) is 7.39. The van der Waals surface area contributed by atoms with Crippen molar-refractivity contribution in [3.8, 4) is 0 Å². The number of benzene rings is 1. The smallest absolute Gasteiger partial charge is 0.243 e. The van der Waals surface area contributed by atoms with Gasteiger partial charge in [0, 0.05) is 31.5 Å². The minimum Gasteiger partial charge on any atom is -0.339 e. The van der Waals surface area contributed by atoms with Crippen molar-refractivity contribution in [2.45, 2.75) is 56.9 Å². The molecule has 7 nitrogen and oxygen atoms in total. The summed E-state index contributed by atoms with van der Waals surface area (Å²) in [6.45, 7) is 6.80. The number of hydrogen-bond acceptors (Lipinski definition) is 6. The molecule has 1 fully saturated rings. The van der Waals surface area contributed by atoms with E-state index in [1.807, 2.05) is 33.0 Å². The predicted octanol–water partition coefficient (Wildman–Crippen LogP) is 2.41. The topological polar surface area (TPSA) is 88.3 Å². The molecule has 0 spiro atoms. The van der Waals surface area contributed by atoms with Crippen molar-refractivity contribution in [2.24, 2.45) is 0 Å². The van der Waals surface area contributed by atoms with Crippen molar-refractivity contribution < 1.29 is 12.9 Å². The molecule has 27 heavy (non-hydrogen) atoms. The molecule has 1 N–H and O–H groups in total. The zero-order valence-corrected chi connectivity index (χ0v) is 17.2. The maximum absolute atomic E-state index is 13.0. The lowest BCUT2D eigenvalue weighted by molar-refractivity contribution is 0.270. The van der Waals surface area contributed by atoms with Gasteiger partial charge in [-0.15, -0.1) is 0 Å². The van der Waals surface area contributed by atoms with Gasteiger partial charge in [0.25, 0.3) is 0 Å². The molecule has 1 aromatic carbocycles. The minimum atomic E-state index is -3.47. The van der Waals surface area contributed by atoms with Crippen LogP contribution in [0.2, 0.25) is 0 Å². The zero-order valence-electron chi connectivity index (χ0n) is 16.4. The summed E-state index contributed by atoms with van der Waals surface area (Å²) in [5.41, 5.74) is 1.85. The fourth-order valence-electron chi connectivity index (χ4n) is 3.46. The van der Waals surface area contributed by atoms with Crippen LogP contribution >= 0.6 is 0 Å². The summed E-state index contributed by atoms with van der Waals surface area (Å²) < 4.78 is 33.0. The first-order valence-electron chi connectivity index (χ1n) is 9.38. The molecule has 0 amide bonds. The Hall–Kier alpha value is -1.77. The van der Waals surface area contributed by atoms with Crippen LogP contribution in [0, 0.1) is 13.8 Å². The molecule has 1 aromatic heterocycles. The van der Waals surface area contributed by atoms with Crippen molar-refractivity contribution in [1.82, 2.24) is 19.8 Å². The first-order chi connectivity index (χ1) is 12.8. The molecule has 1 unspecified atom stereocenters. The van der Waals surface area contributed by atoms with Crippen LogP contribution in [0.5, 0.6) is 0 Å². The summed E-state index contributed by atoms with van der Waals surface area (Å²) >= 11 is 0. The van der Waals surface area contributed by atoms with E-state index < -0.39 is 10.0 Å². The Morgan fingerprint density at radius 2 is 2.00 bits per heavy atom. The van der Waals surface area contributed by atoms with Gasteiger partial charge in [-0.3, -0.25) is 0 Å². The minimum absolute atomic E-state index is 0.113. The summed E-state index contributed by atoms with van der Waals surface area (Å²) in [5, 5.41) is 7.21. The average molecular weight is 393 g/mol. The van der Waals surface area contributed by atoms with Crippen molar-refractivity contribution in [3.05, 3.63) is 41.0 Å². The highest BCUT2D eigenvalue weighted by atomic mass is 32.2. The largest absolute Gasteiger partial charge is 0.339 e. The second kappa shape index (κ2) is 8.08. The lowest BCUT2D eigenvalue weighted by Crippen LogP contribution is -2.38. The Morgan fingerprint density at radius 3 is 2.63 bits per heavy atom. The Morgan fingerprint density at radius 1 is 1.30 bits per heavy atom. The third-order valence-electron chi connectivity index (χ3n) is 5.22. The fraction of sp³-hybridized carbons (Fsp3) is 0.579. The maximum atomic E-state index is 13.0. The van der Waals surface area contributed by atoms with E-state index in [9.17, 15) is 8.42 Å². The highest BCUT2D eigenvalue weighted by Crippen LogP contribution is 2.30. The van der Waals surface area contributed by atoms with Gasteiger partial charge in [0.15, 0.2) is 5.82 Å². The molecule has 0 saturated carbocycles. The van der Waals surface area contributed by atoms with Crippen LogP contribution in [0.25, 0.3) is 0 Å². The van der Waals surface area contributed by atoms with Gasteiger partial charge in [-0.25, -0.2) is 8.42 Å². The molecule has 2 heterocycles. The molecule has 2 aromatic rings. The second-order valence-corrected chi connectivity index (χ2v) is 9.30. The lowest BCUT2D eigenvalue weighted by atomic mass is 9.98. The molecular weight excluding hydrogens is 364 g/mol. The van der Waals surface area contributed by atoms with Gasteiger partial charge in [-0.05, 0) is 52.3 Å². The van der Waals surface area contributed by atoms with Crippen LogP contribution < -0.4 is 5.32 Å². The van der Waals surface area contributed by atoms with E-state index in [4.69, 9.17) is 4.52 Å². The van der Waals surface area contributed by atoms with Crippen molar-refractivity contribution in [2.75, 3.05) is 20.1 Å². The van der Waals surface area contributed by atoms with Gasteiger partial charge in [-0.2, -0.15) is 9.29 Å². The van der Waals surface area contributed by atoms with E-state index in [2.05, 4.69) is 22.4 Å². The van der Waals surface area contributed by atoms with Crippen LogP contribution in [0.1, 0.15) is 48.5 Å². The summed E-state index contributed by atoms with van der Waals surface area (Å²) in [4.78, 5) is 4.90. The van der Waals surface area contributed by atoms with Gasteiger partial charge in [0.2, 0.25) is 15.9 Å². The number of aromatic nitrogens is 2. The van der Waals surface area contributed by atoms with Crippen molar-refractivity contribution in [1.29, 1.82) is 0 Å². The number of nitrogens with one attached hydrogen (secondary N) is 1. The van der Waals surface area contributed by atoms with Gasteiger partial charge >= 0.3 is 0 Å². The Kier molecular flexibility index (Phi) is 5.98. The number of rotatable bonds is 6. The number of hydrogen-bond donors (Lipinski definition) is 1. The predicted molar refractivity (Wildman–Crippen MR) is 103 cm³/mol. The first kappa shape index (κ1) is 20.0. The average Bonchev–Trinajstić information content (AvgIpc) is 3.09. The molecule has 0 aliphatic carbocycles. The molecule has 0 radical (unpaired) electrons. The van der Waals surface area contributed by atoms with Crippen LogP contribution in [0.15, 0.2) is 27.6 Å². The Bertz CT molecular complexity index is 886. The quantitative estimate of drug-likeness (QED) is 0.812. The molecule has 148 valence electrons. The summed E-state index contributed by atoms with van der Waals surface area (Å²) in [7, 11) is -1.57. The summed E-state index contributed by atoms with van der Waals surface area (Å²) in [6, 6.07) is 5.74. The Labute approximate surface area is 161 Å². The van der Waals surface area contributed by atoms with E-state index in [1.54, 1.807) is 10.4 Å². The number of sulfonamides is 1. The molecular formula is C19H28N4O3S. The molecule has 3 rings (SSSR count). The highest BCUT2D eigenvalue weighted by Gasteiger charge is 2.32. The number of nitrogens with zero attached hydrogens (tertiary/aromatic N) is 3. The summed E-state index contributed by atoms with van der Waals surface area (Å²) in [6.07, 6.45) is 2.08. The van der Waals surface area contributed by atoms with E-state index in [0.29, 0.717) is 49.0 Å². The van der Waals surface area contributed by atoms with Gasteiger partial charge in [-0.1, -0.05) is 22.9 Å². The number of likely N-dealkylation sites (N-methyl/N-ethyl adjacent to an activating group) is 1. The standard InChI is InChI=1S/C19H28N4O3S/c1-13-5-6-17(14(2)11-13)27(24,25)23-9-7-16(8-10-23)19-21-18(22-26-19)12-15(3)20-4/h5-6,11,15-16,20H,7-10,12H2,1-4H3. The van der Waals surface area contributed by atoms with E-state index >= 15 is 0 Å². The van der Waals surface area contributed by atoms with Crippen LogP contribution in [-0.4, -0.2) is 49.0 Å². The number of piperidine rings is 1. The van der Waals surface area contributed by atoms with E-state index in [0.717, 1.165) is 11.1 Å². The van der Waals surface area contributed by atoms with E-state index in [1.165, 1.54) is 0 Å². The first-order valence-corrected chi connectivity index (χ1v) is 10.8. The fourth-order valence-corrected chi connectivity index (χ4v) is 5.14. The molecule has 0 bridgehead atoms. The van der Waals surface area contributed by atoms with Crippen molar-refractivity contribution >= 4 is 10.0 Å². The maximum Gasteiger partial charge on any atom is 0.243 e. The normalized spacial score (nSPS) is 17.9.